The van der Waals surface area contributed by atoms with Crippen molar-refractivity contribution in [2.45, 2.75) is 25.7 Å². The van der Waals surface area contributed by atoms with Gasteiger partial charge in [-0.3, -0.25) is 4.79 Å². The van der Waals surface area contributed by atoms with Gasteiger partial charge in [-0.15, -0.1) is 22.7 Å². The number of aromatic nitrogens is 2. The molecule has 6 nitrogen and oxygen atoms in total. The fraction of sp³-hybridized carbons (Fsp3) is 0.350. The number of aliphatic hydroxyl groups is 1. The van der Waals surface area contributed by atoms with E-state index < -0.39 is 11.7 Å². The Morgan fingerprint density at radius 2 is 1.90 bits per heavy atom. The number of nitrogens with zero attached hydrogens (tertiary/aromatic N) is 3. The highest BCUT2D eigenvalue weighted by atomic mass is 32.1. The summed E-state index contributed by atoms with van der Waals surface area (Å²) in [7, 11) is 0. The zero-order chi connectivity index (χ0) is 22.2. The molecule has 3 N–H and O–H groups in total. The normalized spacial score (nSPS) is 14.7. The van der Waals surface area contributed by atoms with Gasteiger partial charge in [-0.2, -0.15) is 13.2 Å². The summed E-state index contributed by atoms with van der Waals surface area (Å²) in [5, 5.41) is 12.4. The van der Waals surface area contributed by atoms with Crippen LogP contribution in [0.2, 0.25) is 0 Å². The van der Waals surface area contributed by atoms with Gasteiger partial charge >= 0.3 is 6.18 Å². The average Bonchev–Trinajstić information content (AvgIpc) is 3.32. The summed E-state index contributed by atoms with van der Waals surface area (Å²) >= 11 is 2.72. The Kier molecular flexibility index (Phi) is 6.11. The van der Waals surface area contributed by atoms with Crippen molar-refractivity contribution in [3.05, 3.63) is 50.9 Å². The molecule has 3 aromatic rings. The SMILES string of the molecule is NCc1nc(CO)sc1-c1csc(CC(=O)C2CN(c3ccc(C(F)(F)F)cc3)C2)n1. The lowest BCUT2D eigenvalue weighted by atomic mass is 9.92. The number of aliphatic hydroxyl groups excluding tert-OH is 1. The second-order valence-corrected chi connectivity index (χ2v) is 9.19. The third-order valence-corrected chi connectivity index (χ3v) is 7.03. The summed E-state index contributed by atoms with van der Waals surface area (Å²) in [5.41, 5.74) is 7.08. The maximum Gasteiger partial charge on any atom is 0.416 e. The van der Waals surface area contributed by atoms with E-state index in [-0.39, 0.29) is 31.3 Å². The Morgan fingerprint density at radius 3 is 2.52 bits per heavy atom. The highest BCUT2D eigenvalue weighted by Gasteiger charge is 2.34. The van der Waals surface area contributed by atoms with Gasteiger partial charge in [0.15, 0.2) is 0 Å². The Balaban J connectivity index is 1.35. The minimum Gasteiger partial charge on any atom is -0.389 e. The lowest BCUT2D eigenvalue weighted by molar-refractivity contribution is -0.137. The van der Waals surface area contributed by atoms with Gasteiger partial charge < -0.3 is 15.7 Å². The summed E-state index contributed by atoms with van der Waals surface area (Å²) in [6.45, 7) is 1.03. The number of carbonyl (C=O) groups excluding carboxylic acids is 1. The first-order valence-electron chi connectivity index (χ1n) is 9.47. The Bertz CT molecular complexity index is 1070. The van der Waals surface area contributed by atoms with Crippen LogP contribution in [0.3, 0.4) is 0 Å². The molecule has 0 spiro atoms. The van der Waals surface area contributed by atoms with Crippen LogP contribution in [0, 0.1) is 5.92 Å². The summed E-state index contributed by atoms with van der Waals surface area (Å²) in [5.74, 6) is -0.109. The Morgan fingerprint density at radius 1 is 1.19 bits per heavy atom. The van der Waals surface area contributed by atoms with Crippen molar-refractivity contribution < 1.29 is 23.1 Å². The van der Waals surface area contributed by atoms with Crippen LogP contribution in [0.1, 0.15) is 21.3 Å². The number of rotatable bonds is 7. The molecule has 31 heavy (non-hydrogen) atoms. The number of hydrogen-bond donors (Lipinski definition) is 2. The van der Waals surface area contributed by atoms with Crippen LogP contribution in [0.25, 0.3) is 10.6 Å². The number of Topliss-reactive ketones (excluding diaryl/α,β-unsaturated/α-hetero) is 1. The summed E-state index contributed by atoms with van der Waals surface area (Å²) in [6.07, 6.45) is -4.15. The zero-order valence-corrected chi connectivity index (χ0v) is 17.9. The third kappa shape index (κ3) is 4.64. The van der Waals surface area contributed by atoms with E-state index in [0.717, 1.165) is 17.0 Å². The van der Waals surface area contributed by atoms with E-state index in [1.165, 1.54) is 34.8 Å². The van der Waals surface area contributed by atoms with Crippen LogP contribution in [0.5, 0.6) is 0 Å². The molecule has 0 unspecified atom stereocenters. The topological polar surface area (TPSA) is 92.3 Å². The first-order chi connectivity index (χ1) is 14.8. The number of anilines is 1. The first-order valence-corrected chi connectivity index (χ1v) is 11.2. The van der Waals surface area contributed by atoms with E-state index in [1.807, 2.05) is 10.3 Å². The van der Waals surface area contributed by atoms with Gasteiger partial charge in [-0.1, -0.05) is 0 Å². The standard InChI is InChI=1S/C20H19F3N4O2S2/c21-20(22,23)12-1-3-13(4-2-12)27-7-11(8-27)16(29)5-17-26-15(10-30-17)19-14(6-24)25-18(9-28)31-19/h1-4,10-11,28H,5-9,24H2. The number of alkyl halides is 3. The van der Waals surface area contributed by atoms with Crippen molar-refractivity contribution in [3.63, 3.8) is 0 Å². The minimum atomic E-state index is -4.36. The van der Waals surface area contributed by atoms with E-state index in [1.54, 1.807) is 0 Å². The van der Waals surface area contributed by atoms with Crippen LogP contribution >= 0.6 is 22.7 Å². The van der Waals surface area contributed by atoms with Crippen molar-refractivity contribution in [1.82, 2.24) is 9.97 Å². The van der Waals surface area contributed by atoms with Crippen LogP contribution in [0.4, 0.5) is 18.9 Å². The van der Waals surface area contributed by atoms with E-state index in [0.29, 0.717) is 40.2 Å². The molecule has 0 saturated carbocycles. The largest absolute Gasteiger partial charge is 0.416 e. The van der Waals surface area contributed by atoms with E-state index >= 15 is 0 Å². The molecule has 0 bridgehead atoms. The molecule has 1 aliphatic heterocycles. The quantitative estimate of drug-likeness (QED) is 0.552. The van der Waals surface area contributed by atoms with Gasteiger partial charge in [0.1, 0.15) is 15.8 Å². The molecule has 1 saturated heterocycles. The van der Waals surface area contributed by atoms with Crippen molar-refractivity contribution in [1.29, 1.82) is 0 Å². The molecule has 11 heteroatoms. The molecule has 1 aromatic carbocycles. The lowest BCUT2D eigenvalue weighted by Crippen LogP contribution is -2.50. The maximum atomic E-state index is 12.7. The maximum absolute atomic E-state index is 12.7. The predicted octanol–water partition coefficient (Wildman–Crippen LogP) is 3.48. The molecular formula is C20H19F3N4O2S2. The summed E-state index contributed by atoms with van der Waals surface area (Å²) in [4.78, 5) is 24.1. The van der Waals surface area contributed by atoms with E-state index in [9.17, 15) is 23.1 Å². The molecule has 4 rings (SSSR count). The number of ketones is 1. The second kappa shape index (κ2) is 8.65. The smallest absolute Gasteiger partial charge is 0.389 e. The lowest BCUT2D eigenvalue weighted by Gasteiger charge is -2.40. The molecule has 0 atom stereocenters. The fourth-order valence-electron chi connectivity index (χ4n) is 3.35. The molecule has 0 amide bonds. The molecule has 0 radical (unpaired) electrons. The fourth-order valence-corrected chi connectivity index (χ4v) is 5.13. The van der Waals surface area contributed by atoms with E-state index in [4.69, 9.17) is 5.73 Å². The van der Waals surface area contributed by atoms with Crippen LogP contribution in [-0.2, 0) is 30.5 Å². The number of hydrogen-bond acceptors (Lipinski definition) is 8. The molecule has 1 fully saturated rings. The molecule has 1 aliphatic rings. The van der Waals surface area contributed by atoms with E-state index in [2.05, 4.69) is 9.97 Å². The van der Waals surface area contributed by atoms with Gasteiger partial charge in [0.05, 0.1) is 40.8 Å². The average molecular weight is 469 g/mol. The number of benzene rings is 1. The van der Waals surface area contributed by atoms with Crippen LogP contribution in [0.15, 0.2) is 29.6 Å². The van der Waals surface area contributed by atoms with Crippen molar-refractivity contribution in [2.24, 2.45) is 11.7 Å². The molecule has 164 valence electrons. The number of halogens is 3. The van der Waals surface area contributed by atoms with Gasteiger partial charge in [-0.05, 0) is 24.3 Å². The highest BCUT2D eigenvalue weighted by Crippen LogP contribution is 2.34. The van der Waals surface area contributed by atoms with Crippen LogP contribution in [-0.4, -0.2) is 33.9 Å². The number of carbonyl (C=O) groups is 1. The highest BCUT2D eigenvalue weighted by molar-refractivity contribution is 7.16. The zero-order valence-electron chi connectivity index (χ0n) is 16.2. The molecular weight excluding hydrogens is 449 g/mol. The van der Waals surface area contributed by atoms with Gasteiger partial charge in [-0.25, -0.2) is 9.97 Å². The molecule has 2 aromatic heterocycles. The van der Waals surface area contributed by atoms with Crippen LogP contribution < -0.4 is 10.6 Å². The van der Waals surface area contributed by atoms with Crippen molar-refractivity contribution >= 4 is 34.1 Å². The van der Waals surface area contributed by atoms with Crippen molar-refractivity contribution in [2.75, 3.05) is 18.0 Å². The predicted molar refractivity (Wildman–Crippen MR) is 113 cm³/mol. The van der Waals surface area contributed by atoms with Gasteiger partial charge in [0.25, 0.3) is 0 Å². The number of nitrogens with two attached hydrogens (primary N) is 1. The first kappa shape index (κ1) is 21.9. The Hall–Kier alpha value is -2.34. The summed E-state index contributed by atoms with van der Waals surface area (Å²) < 4.78 is 38.0. The minimum absolute atomic E-state index is 0.0588. The molecule has 0 aliphatic carbocycles. The monoisotopic (exact) mass is 468 g/mol. The van der Waals surface area contributed by atoms with Gasteiger partial charge in [0, 0.05) is 30.7 Å². The third-order valence-electron chi connectivity index (χ3n) is 5.08. The Labute approximate surface area is 184 Å². The molecule has 3 heterocycles. The number of thiazole rings is 2. The van der Waals surface area contributed by atoms with Crippen molar-refractivity contribution in [3.8, 4) is 10.6 Å². The summed E-state index contributed by atoms with van der Waals surface area (Å²) in [6, 6.07) is 4.97. The van der Waals surface area contributed by atoms with Gasteiger partial charge in [0.2, 0.25) is 0 Å². The second-order valence-electron chi connectivity index (χ2n) is 7.16.